The van der Waals surface area contributed by atoms with Crippen LogP contribution in [-0.4, -0.2) is 96.7 Å². The molecule has 0 saturated carbocycles. The summed E-state index contributed by atoms with van der Waals surface area (Å²) >= 11 is 0. The molecule has 0 spiro atoms. The van der Waals surface area contributed by atoms with Crippen LogP contribution in [0.5, 0.6) is 0 Å². The van der Waals surface area contributed by atoms with Crippen LogP contribution in [0, 0.1) is 0 Å². The Kier molecular flexibility index (Phi) is 71.2. The summed E-state index contributed by atoms with van der Waals surface area (Å²) in [6, 6.07) is 0. The molecule has 5 atom stereocenters. The van der Waals surface area contributed by atoms with Crippen molar-refractivity contribution in [1.82, 2.24) is 0 Å². The summed E-state index contributed by atoms with van der Waals surface area (Å²) in [6.07, 6.45) is 74.5. The summed E-state index contributed by atoms with van der Waals surface area (Å²) < 4.78 is 68.5. The van der Waals surface area contributed by atoms with E-state index in [9.17, 15) is 43.2 Å². The van der Waals surface area contributed by atoms with Gasteiger partial charge in [0.15, 0.2) is 12.2 Å². The van der Waals surface area contributed by atoms with Crippen LogP contribution in [0.3, 0.4) is 0 Å². The molecule has 3 N–H and O–H groups in total. The molecule has 0 aromatic carbocycles. The van der Waals surface area contributed by atoms with Crippen molar-refractivity contribution in [3.05, 3.63) is 72.9 Å². The van der Waals surface area contributed by atoms with Crippen LogP contribution in [-0.2, 0) is 65.4 Å². The first-order valence-corrected chi connectivity index (χ1v) is 43.2. The predicted molar refractivity (Wildman–Crippen MR) is 409 cm³/mol. The van der Waals surface area contributed by atoms with Gasteiger partial charge in [0.25, 0.3) is 0 Å². The maximum atomic E-state index is 13.1. The summed E-state index contributed by atoms with van der Waals surface area (Å²) in [5, 5.41) is 10.6. The number of carbonyl (C=O) groups excluding carboxylic acids is 4. The number of ether oxygens (including phenoxy) is 4. The topological polar surface area (TPSA) is 237 Å². The quantitative estimate of drug-likeness (QED) is 0.0169. The third kappa shape index (κ3) is 72.8. The number of phosphoric acid groups is 2. The molecule has 0 saturated heterocycles. The molecule has 2 unspecified atom stereocenters. The van der Waals surface area contributed by atoms with Crippen molar-refractivity contribution in [3.8, 4) is 0 Å². The van der Waals surface area contributed by atoms with Crippen LogP contribution in [0.1, 0.15) is 362 Å². The Morgan fingerprint density at radius 2 is 0.500 bits per heavy atom. The zero-order chi connectivity index (χ0) is 73.2. The molecule has 0 amide bonds. The number of hydrogen-bond acceptors (Lipinski definition) is 15. The van der Waals surface area contributed by atoms with E-state index in [-0.39, 0.29) is 25.7 Å². The van der Waals surface area contributed by atoms with Gasteiger partial charge in [0.1, 0.15) is 19.3 Å². The third-order valence-electron chi connectivity index (χ3n) is 17.1. The highest BCUT2D eigenvalue weighted by atomic mass is 31.2. The zero-order valence-corrected chi connectivity index (χ0v) is 65.4. The van der Waals surface area contributed by atoms with Crippen LogP contribution < -0.4 is 0 Å². The van der Waals surface area contributed by atoms with Crippen molar-refractivity contribution in [2.45, 2.75) is 380 Å². The first-order chi connectivity index (χ1) is 48.7. The number of unbranched alkanes of at least 4 members (excludes halogenated alkanes) is 38. The molecule has 19 heteroatoms. The van der Waals surface area contributed by atoms with E-state index in [1.165, 1.54) is 148 Å². The van der Waals surface area contributed by atoms with Gasteiger partial charge >= 0.3 is 39.5 Å². The van der Waals surface area contributed by atoms with Gasteiger partial charge < -0.3 is 33.8 Å². The van der Waals surface area contributed by atoms with Crippen molar-refractivity contribution >= 4 is 39.5 Å². The lowest BCUT2D eigenvalue weighted by Gasteiger charge is -2.21. The molecule has 582 valence electrons. The lowest BCUT2D eigenvalue weighted by Crippen LogP contribution is -2.30. The lowest BCUT2D eigenvalue weighted by molar-refractivity contribution is -0.161. The molecule has 0 aliphatic heterocycles. The number of aliphatic hydroxyl groups excluding tert-OH is 1. The monoisotopic (exact) mass is 1450 g/mol. The Labute approximate surface area is 609 Å². The zero-order valence-electron chi connectivity index (χ0n) is 63.6. The number of hydrogen-bond donors (Lipinski definition) is 3. The Hall–Kier alpha value is -3.50. The second-order valence-corrected chi connectivity index (χ2v) is 29.9. The average molecular weight is 1450 g/mol. The molecule has 0 aliphatic rings. The van der Waals surface area contributed by atoms with Crippen molar-refractivity contribution in [3.63, 3.8) is 0 Å². The molecule has 0 aromatic heterocycles. The summed E-state index contributed by atoms with van der Waals surface area (Å²) in [6.45, 7) is 4.82. The largest absolute Gasteiger partial charge is 0.472 e. The second kappa shape index (κ2) is 73.8. The van der Waals surface area contributed by atoms with Crippen molar-refractivity contribution in [2.24, 2.45) is 0 Å². The van der Waals surface area contributed by atoms with Crippen LogP contribution >= 0.6 is 15.6 Å². The number of allylic oxidation sites excluding steroid dienone is 12. The minimum Gasteiger partial charge on any atom is -0.462 e. The van der Waals surface area contributed by atoms with Gasteiger partial charge in [-0.25, -0.2) is 9.13 Å². The smallest absolute Gasteiger partial charge is 0.462 e. The molecular weight excluding hydrogens is 1310 g/mol. The standard InChI is InChI=1S/C81H146O17P2/c1-5-9-13-17-21-25-29-33-36-37-40-43-46-50-54-58-62-66-79(84)92-72-77(98-81(86)68-64-60-56-52-48-44-39-35-31-27-23-19-15-11-7-3)74-96-100(89,90)94-70-75(82)69-93-99(87,88)95-73-76(97-80(85)67-63-59-55-51-47-41-32-28-24-20-16-12-8-4)71-91-78(83)65-61-57-53-49-45-42-38-34-30-26-22-18-14-10-6-2/h21,25,33-36,38-40,43,50,54,75-77,82H,5-20,22-24,26-32,37,41-42,44-49,51-53,55-74H2,1-4H3,(H,87,88)(H,89,90)/b25-21-,36-33-,38-34-,39-35-,43-40-,54-50-/t75-,76+,77+/m0/s1. The summed E-state index contributed by atoms with van der Waals surface area (Å²) in [5.41, 5.74) is 0. The van der Waals surface area contributed by atoms with Gasteiger partial charge in [-0.2, -0.15) is 0 Å². The second-order valence-electron chi connectivity index (χ2n) is 27.0. The SMILES string of the molecule is CCCCC/C=C\C/C=C\C/C=C\C/C=C\CCCC(=O)OC[C@H](COP(=O)(O)OC[C@@H](O)COP(=O)(O)OC[C@@H](COC(=O)CCCCCCC/C=C\CCCCCCCC)OC(=O)CCCCCCCCCCCCCCC)OC(=O)CCCCCCC/C=C\CCCCCCCC. The molecule has 17 nitrogen and oxygen atoms in total. The number of rotatable bonds is 76. The van der Waals surface area contributed by atoms with Crippen molar-refractivity contribution in [1.29, 1.82) is 0 Å². The molecule has 0 heterocycles. The predicted octanol–water partition coefficient (Wildman–Crippen LogP) is 23.2. The van der Waals surface area contributed by atoms with Crippen LogP contribution in [0.25, 0.3) is 0 Å². The van der Waals surface area contributed by atoms with Gasteiger partial charge in [-0.1, -0.05) is 293 Å². The Bertz CT molecular complexity index is 2180. The van der Waals surface area contributed by atoms with E-state index in [0.717, 1.165) is 128 Å². The molecule has 0 fully saturated rings. The fraction of sp³-hybridized carbons (Fsp3) is 0.802. The maximum absolute atomic E-state index is 13.1. The van der Waals surface area contributed by atoms with E-state index in [0.29, 0.717) is 32.1 Å². The van der Waals surface area contributed by atoms with E-state index >= 15 is 0 Å². The number of esters is 4. The van der Waals surface area contributed by atoms with Crippen molar-refractivity contribution < 1.29 is 80.2 Å². The first kappa shape index (κ1) is 96.5. The van der Waals surface area contributed by atoms with Gasteiger partial charge in [0.05, 0.1) is 26.4 Å². The average Bonchev–Trinajstić information content (AvgIpc) is 1.06. The molecule has 0 radical (unpaired) electrons. The summed E-state index contributed by atoms with van der Waals surface area (Å²) in [4.78, 5) is 72.9. The van der Waals surface area contributed by atoms with Gasteiger partial charge in [-0.15, -0.1) is 0 Å². The number of aliphatic hydroxyl groups is 1. The summed E-state index contributed by atoms with van der Waals surface area (Å²) in [7, 11) is -9.96. The van der Waals surface area contributed by atoms with Gasteiger partial charge in [-0.3, -0.25) is 37.3 Å². The van der Waals surface area contributed by atoms with E-state index in [2.05, 4.69) is 88.5 Å². The van der Waals surface area contributed by atoms with E-state index < -0.39 is 97.5 Å². The highest BCUT2D eigenvalue weighted by molar-refractivity contribution is 7.47. The molecule has 0 rings (SSSR count). The molecule has 0 aromatic rings. The third-order valence-corrected chi connectivity index (χ3v) is 19.0. The highest BCUT2D eigenvalue weighted by Crippen LogP contribution is 2.45. The fourth-order valence-electron chi connectivity index (χ4n) is 11.0. The molecule has 0 aliphatic carbocycles. The molecular formula is C81H146O17P2. The highest BCUT2D eigenvalue weighted by Gasteiger charge is 2.30. The lowest BCUT2D eigenvalue weighted by atomic mass is 10.0. The van der Waals surface area contributed by atoms with Crippen LogP contribution in [0.2, 0.25) is 0 Å². The van der Waals surface area contributed by atoms with Crippen LogP contribution in [0.15, 0.2) is 72.9 Å². The Morgan fingerprint density at radius 1 is 0.280 bits per heavy atom. The fourth-order valence-corrected chi connectivity index (χ4v) is 12.5. The van der Waals surface area contributed by atoms with Gasteiger partial charge in [-0.05, 0) is 116 Å². The van der Waals surface area contributed by atoms with Crippen LogP contribution in [0.4, 0.5) is 0 Å². The first-order valence-electron chi connectivity index (χ1n) is 40.2. The van der Waals surface area contributed by atoms with Gasteiger partial charge in [0.2, 0.25) is 0 Å². The number of carbonyl (C=O) groups is 4. The number of phosphoric ester groups is 2. The van der Waals surface area contributed by atoms with E-state index in [1.807, 2.05) is 12.2 Å². The molecule has 100 heavy (non-hydrogen) atoms. The minimum absolute atomic E-state index is 0.0760. The Balaban J connectivity index is 5.38. The summed E-state index contributed by atoms with van der Waals surface area (Å²) in [5.74, 6) is -2.23. The van der Waals surface area contributed by atoms with Gasteiger partial charge in [0, 0.05) is 25.7 Å². The van der Waals surface area contributed by atoms with E-state index in [4.69, 9.17) is 37.0 Å². The Morgan fingerprint density at radius 3 is 0.820 bits per heavy atom. The van der Waals surface area contributed by atoms with E-state index in [1.54, 1.807) is 0 Å². The minimum atomic E-state index is -4.98. The van der Waals surface area contributed by atoms with Crippen molar-refractivity contribution in [2.75, 3.05) is 39.6 Å². The maximum Gasteiger partial charge on any atom is 0.472 e. The molecule has 0 bridgehead atoms. The normalized spacial score (nSPS) is 14.3.